The molecule has 22 heavy (non-hydrogen) atoms. The van der Waals surface area contributed by atoms with Crippen molar-refractivity contribution in [1.82, 2.24) is 0 Å². The van der Waals surface area contributed by atoms with Crippen molar-refractivity contribution in [3.05, 3.63) is 57.0 Å². The van der Waals surface area contributed by atoms with Crippen LogP contribution >= 0.6 is 34.8 Å². The second kappa shape index (κ2) is 7.87. The molecule has 0 N–H and O–H groups in total. The van der Waals surface area contributed by atoms with Crippen LogP contribution in [0.3, 0.4) is 0 Å². The first-order chi connectivity index (χ1) is 10.5. The maximum Gasteiger partial charge on any atom is 0.138 e. The van der Waals surface area contributed by atoms with Crippen molar-refractivity contribution in [3.8, 4) is 5.75 Å². The Morgan fingerprint density at radius 3 is 2.59 bits per heavy atom. The Morgan fingerprint density at radius 1 is 1.14 bits per heavy atom. The SMILES string of the molecule is CC[C@H](C)Oc1ccc(C=Nc2cccc(Cl)c2Cl)cc1Cl. The molecule has 0 aliphatic heterocycles. The van der Waals surface area contributed by atoms with Crippen LogP contribution in [0, 0.1) is 0 Å². The van der Waals surface area contributed by atoms with E-state index in [1.807, 2.05) is 19.1 Å². The molecule has 0 bridgehead atoms. The molecule has 2 aromatic rings. The molecule has 5 heteroatoms. The van der Waals surface area contributed by atoms with Crippen LogP contribution in [-0.2, 0) is 0 Å². The van der Waals surface area contributed by atoms with Gasteiger partial charge in [-0.15, -0.1) is 0 Å². The van der Waals surface area contributed by atoms with Gasteiger partial charge in [0.25, 0.3) is 0 Å². The van der Waals surface area contributed by atoms with E-state index in [4.69, 9.17) is 39.5 Å². The Balaban J connectivity index is 2.18. The summed E-state index contributed by atoms with van der Waals surface area (Å²) >= 11 is 18.3. The highest BCUT2D eigenvalue weighted by Crippen LogP contribution is 2.32. The molecule has 0 unspecified atom stereocenters. The van der Waals surface area contributed by atoms with Crippen LogP contribution in [0.1, 0.15) is 25.8 Å². The molecule has 0 amide bonds. The van der Waals surface area contributed by atoms with E-state index in [1.165, 1.54) is 0 Å². The van der Waals surface area contributed by atoms with Gasteiger partial charge >= 0.3 is 0 Å². The molecule has 0 saturated carbocycles. The molecule has 0 aliphatic rings. The van der Waals surface area contributed by atoms with Crippen molar-refractivity contribution < 1.29 is 4.74 Å². The molecule has 0 fully saturated rings. The molecule has 0 aromatic heterocycles. The lowest BCUT2D eigenvalue weighted by atomic mass is 10.2. The van der Waals surface area contributed by atoms with Crippen molar-refractivity contribution in [2.75, 3.05) is 0 Å². The number of nitrogens with zero attached hydrogens (tertiary/aromatic N) is 1. The third-order valence-corrected chi connectivity index (χ3v) is 4.25. The fraction of sp³-hybridized carbons (Fsp3) is 0.235. The number of benzene rings is 2. The van der Waals surface area contributed by atoms with Crippen LogP contribution < -0.4 is 4.74 Å². The van der Waals surface area contributed by atoms with E-state index in [9.17, 15) is 0 Å². The third kappa shape index (κ3) is 4.39. The van der Waals surface area contributed by atoms with Gasteiger partial charge in [-0.2, -0.15) is 0 Å². The number of ether oxygens (including phenoxy) is 1. The summed E-state index contributed by atoms with van der Waals surface area (Å²) < 4.78 is 5.73. The first kappa shape index (κ1) is 17.1. The summed E-state index contributed by atoms with van der Waals surface area (Å²) in [6.07, 6.45) is 2.74. The molecule has 1 atom stereocenters. The van der Waals surface area contributed by atoms with Crippen LogP contribution in [0.4, 0.5) is 5.69 Å². The lowest BCUT2D eigenvalue weighted by molar-refractivity contribution is 0.217. The van der Waals surface area contributed by atoms with Gasteiger partial charge in [-0.3, -0.25) is 4.99 Å². The van der Waals surface area contributed by atoms with E-state index in [-0.39, 0.29) is 6.10 Å². The highest BCUT2D eigenvalue weighted by Gasteiger charge is 2.06. The van der Waals surface area contributed by atoms with Gasteiger partial charge in [0.05, 0.1) is 26.9 Å². The van der Waals surface area contributed by atoms with Crippen LogP contribution in [0.5, 0.6) is 5.75 Å². The van der Waals surface area contributed by atoms with E-state index in [0.29, 0.717) is 26.5 Å². The van der Waals surface area contributed by atoms with Gasteiger partial charge in [0.2, 0.25) is 0 Å². The summed E-state index contributed by atoms with van der Waals surface area (Å²) in [6, 6.07) is 10.9. The maximum absolute atomic E-state index is 6.23. The molecule has 2 nitrogen and oxygen atoms in total. The Morgan fingerprint density at radius 2 is 1.91 bits per heavy atom. The standard InChI is InChI=1S/C17H16Cl3NO/c1-3-11(2)22-16-8-7-12(9-14(16)19)10-21-15-6-4-5-13(18)17(15)20/h4-11H,3H2,1-2H3/t11-/m0/s1. The first-order valence-corrected chi connectivity index (χ1v) is 8.09. The van der Waals surface area contributed by atoms with Gasteiger partial charge in [-0.05, 0) is 49.2 Å². The predicted octanol–water partition coefficient (Wildman–Crippen LogP) is 6.57. The van der Waals surface area contributed by atoms with Crippen LogP contribution in [0.2, 0.25) is 15.1 Å². The molecule has 0 heterocycles. The van der Waals surface area contributed by atoms with Crippen molar-refractivity contribution in [2.24, 2.45) is 4.99 Å². The van der Waals surface area contributed by atoms with Gasteiger partial charge < -0.3 is 4.74 Å². The van der Waals surface area contributed by atoms with E-state index in [0.717, 1.165) is 12.0 Å². The van der Waals surface area contributed by atoms with E-state index < -0.39 is 0 Å². The smallest absolute Gasteiger partial charge is 0.138 e. The van der Waals surface area contributed by atoms with Gasteiger partial charge in [0.15, 0.2) is 0 Å². The second-order valence-electron chi connectivity index (χ2n) is 4.86. The zero-order chi connectivity index (χ0) is 16.1. The minimum atomic E-state index is 0.127. The normalized spacial score (nSPS) is 12.6. The average Bonchev–Trinajstić information content (AvgIpc) is 2.51. The number of aliphatic imine (C=N–C) groups is 1. The maximum atomic E-state index is 6.23. The fourth-order valence-corrected chi connectivity index (χ4v) is 2.31. The third-order valence-electron chi connectivity index (χ3n) is 3.14. The summed E-state index contributed by atoms with van der Waals surface area (Å²) in [7, 11) is 0. The van der Waals surface area contributed by atoms with Crippen molar-refractivity contribution >= 4 is 46.7 Å². The highest BCUT2D eigenvalue weighted by molar-refractivity contribution is 6.43. The van der Waals surface area contributed by atoms with Gasteiger partial charge in [0.1, 0.15) is 5.75 Å². The lowest BCUT2D eigenvalue weighted by Crippen LogP contribution is -2.09. The van der Waals surface area contributed by atoms with Crippen molar-refractivity contribution in [2.45, 2.75) is 26.4 Å². The van der Waals surface area contributed by atoms with E-state index in [1.54, 1.807) is 30.5 Å². The quantitative estimate of drug-likeness (QED) is 0.555. The fourth-order valence-electron chi connectivity index (χ4n) is 1.73. The monoisotopic (exact) mass is 355 g/mol. The van der Waals surface area contributed by atoms with Crippen LogP contribution in [0.15, 0.2) is 41.4 Å². The van der Waals surface area contributed by atoms with Gasteiger partial charge in [-0.1, -0.05) is 47.8 Å². The minimum absolute atomic E-state index is 0.127. The molecule has 2 rings (SSSR count). The second-order valence-corrected chi connectivity index (χ2v) is 6.05. The number of hydrogen-bond acceptors (Lipinski definition) is 2. The Labute approximate surface area is 145 Å². The Kier molecular flexibility index (Phi) is 6.13. The van der Waals surface area contributed by atoms with Gasteiger partial charge in [0, 0.05) is 6.21 Å². The van der Waals surface area contributed by atoms with Crippen molar-refractivity contribution in [3.63, 3.8) is 0 Å². The minimum Gasteiger partial charge on any atom is -0.489 e. The van der Waals surface area contributed by atoms with E-state index in [2.05, 4.69) is 11.9 Å². The molecule has 0 spiro atoms. The Bertz CT molecular complexity index is 686. The number of halogens is 3. The van der Waals surface area contributed by atoms with Gasteiger partial charge in [-0.25, -0.2) is 0 Å². The molecule has 0 radical (unpaired) electrons. The highest BCUT2D eigenvalue weighted by atomic mass is 35.5. The zero-order valence-electron chi connectivity index (χ0n) is 12.3. The lowest BCUT2D eigenvalue weighted by Gasteiger charge is -2.13. The van der Waals surface area contributed by atoms with Crippen molar-refractivity contribution in [1.29, 1.82) is 0 Å². The zero-order valence-corrected chi connectivity index (χ0v) is 14.6. The average molecular weight is 357 g/mol. The van der Waals surface area contributed by atoms with Crippen LogP contribution in [0.25, 0.3) is 0 Å². The summed E-state index contributed by atoms with van der Waals surface area (Å²) in [5.41, 5.74) is 1.47. The largest absolute Gasteiger partial charge is 0.489 e. The molecule has 0 saturated heterocycles. The first-order valence-electron chi connectivity index (χ1n) is 6.95. The predicted molar refractivity (Wildman–Crippen MR) is 95.5 cm³/mol. The summed E-state index contributed by atoms with van der Waals surface area (Å²) in [5.74, 6) is 0.675. The molecule has 2 aromatic carbocycles. The topological polar surface area (TPSA) is 21.6 Å². The van der Waals surface area contributed by atoms with Crippen LogP contribution in [-0.4, -0.2) is 12.3 Å². The summed E-state index contributed by atoms with van der Waals surface area (Å²) in [4.78, 5) is 4.34. The molecular weight excluding hydrogens is 341 g/mol. The Hall–Kier alpha value is -1.22. The van der Waals surface area contributed by atoms with E-state index >= 15 is 0 Å². The molecular formula is C17H16Cl3NO. The number of rotatable bonds is 5. The molecule has 116 valence electrons. The number of hydrogen-bond donors (Lipinski definition) is 0. The summed E-state index contributed by atoms with van der Waals surface area (Å²) in [6.45, 7) is 4.07. The summed E-state index contributed by atoms with van der Waals surface area (Å²) in [5, 5.41) is 1.47. The molecule has 0 aliphatic carbocycles.